The highest BCUT2D eigenvalue weighted by Crippen LogP contribution is 2.26. The Kier molecular flexibility index (Phi) is 7.17. The van der Waals surface area contributed by atoms with Gasteiger partial charge < -0.3 is 0 Å². The van der Waals surface area contributed by atoms with E-state index in [4.69, 9.17) is 11.6 Å². The van der Waals surface area contributed by atoms with Gasteiger partial charge >= 0.3 is 0 Å². The Morgan fingerprint density at radius 1 is 1.29 bits per heavy atom. The third kappa shape index (κ3) is 4.21. The molecule has 0 aliphatic heterocycles. The van der Waals surface area contributed by atoms with E-state index < -0.39 is 10.0 Å². The van der Waals surface area contributed by atoms with Crippen molar-refractivity contribution in [3.05, 3.63) is 29.3 Å². The van der Waals surface area contributed by atoms with E-state index in [9.17, 15) is 8.42 Å². The van der Waals surface area contributed by atoms with Crippen LogP contribution in [0.5, 0.6) is 0 Å². The number of rotatable bonds is 8. The van der Waals surface area contributed by atoms with Crippen LogP contribution in [0.25, 0.3) is 0 Å². The summed E-state index contributed by atoms with van der Waals surface area (Å²) in [6.45, 7) is 8.45. The third-order valence-corrected chi connectivity index (χ3v) is 6.39. The monoisotopic (exact) mass is 331 g/mol. The van der Waals surface area contributed by atoms with Gasteiger partial charge in [0.15, 0.2) is 0 Å². The average Bonchev–Trinajstić information content (AvgIpc) is 2.47. The molecule has 1 unspecified atom stereocenters. The normalized spacial score (nSPS) is 13.6. The van der Waals surface area contributed by atoms with Crippen molar-refractivity contribution in [3.63, 3.8) is 0 Å². The predicted octanol–water partition coefficient (Wildman–Crippen LogP) is 4.32. The Bertz CT molecular complexity index is 557. The zero-order valence-electron chi connectivity index (χ0n) is 13.4. The highest BCUT2D eigenvalue weighted by Gasteiger charge is 2.29. The second-order valence-corrected chi connectivity index (χ2v) is 7.53. The lowest BCUT2D eigenvalue weighted by Gasteiger charge is -2.28. The van der Waals surface area contributed by atoms with Gasteiger partial charge in [0.2, 0.25) is 10.0 Å². The molecule has 120 valence electrons. The maximum Gasteiger partial charge on any atom is 0.243 e. The molecule has 1 aromatic carbocycles. The van der Waals surface area contributed by atoms with Crippen LogP contribution in [0.1, 0.15) is 51.2 Å². The second kappa shape index (κ2) is 8.16. The van der Waals surface area contributed by atoms with Crippen LogP contribution in [0.15, 0.2) is 23.1 Å². The summed E-state index contributed by atoms with van der Waals surface area (Å²) < 4.78 is 27.7. The van der Waals surface area contributed by atoms with Gasteiger partial charge in [0, 0.05) is 18.5 Å². The van der Waals surface area contributed by atoms with E-state index in [2.05, 4.69) is 6.92 Å². The van der Waals surface area contributed by atoms with Crippen molar-refractivity contribution in [2.24, 2.45) is 0 Å². The number of hydrogen-bond acceptors (Lipinski definition) is 2. The number of halogens is 1. The summed E-state index contributed by atoms with van der Waals surface area (Å²) in [4.78, 5) is 0.386. The van der Waals surface area contributed by atoms with E-state index in [1.807, 2.05) is 26.8 Å². The van der Waals surface area contributed by atoms with Crippen molar-refractivity contribution in [2.75, 3.05) is 6.54 Å². The number of hydrogen-bond donors (Lipinski definition) is 0. The highest BCUT2D eigenvalue weighted by molar-refractivity contribution is 7.89. The van der Waals surface area contributed by atoms with Gasteiger partial charge in [-0.1, -0.05) is 32.4 Å². The Hall–Kier alpha value is -0.580. The number of benzene rings is 1. The summed E-state index contributed by atoms with van der Waals surface area (Å²) in [6, 6.07) is 5.33. The van der Waals surface area contributed by atoms with Gasteiger partial charge in [-0.2, -0.15) is 4.31 Å². The lowest BCUT2D eigenvalue weighted by atomic mass is 10.1. The first-order valence-corrected chi connectivity index (χ1v) is 9.53. The Balaban J connectivity index is 3.28. The van der Waals surface area contributed by atoms with Gasteiger partial charge in [0.25, 0.3) is 0 Å². The summed E-state index contributed by atoms with van der Waals surface area (Å²) in [5.74, 6) is 0.327. The molecule has 1 rings (SSSR count). The van der Waals surface area contributed by atoms with E-state index in [-0.39, 0.29) is 6.04 Å². The van der Waals surface area contributed by atoms with Gasteiger partial charge in [-0.05, 0) is 43.9 Å². The molecular weight excluding hydrogens is 306 g/mol. The molecule has 0 N–H and O–H groups in total. The Labute approximate surface area is 134 Å². The van der Waals surface area contributed by atoms with Gasteiger partial charge in [-0.3, -0.25) is 0 Å². The summed E-state index contributed by atoms with van der Waals surface area (Å²) in [5, 5.41) is 0. The fourth-order valence-corrected chi connectivity index (χ4v) is 4.61. The summed E-state index contributed by atoms with van der Waals surface area (Å²) in [6.07, 6.45) is 2.65. The molecule has 0 aromatic heterocycles. The second-order valence-electron chi connectivity index (χ2n) is 5.40. The molecule has 0 bridgehead atoms. The van der Waals surface area contributed by atoms with E-state index in [1.54, 1.807) is 16.4 Å². The molecule has 1 aromatic rings. The topological polar surface area (TPSA) is 37.4 Å². The molecule has 0 saturated carbocycles. The third-order valence-electron chi connectivity index (χ3n) is 3.94. The summed E-state index contributed by atoms with van der Waals surface area (Å²) >= 11 is 5.90. The minimum atomic E-state index is -3.47. The average molecular weight is 332 g/mol. The summed E-state index contributed by atoms with van der Waals surface area (Å²) in [7, 11) is -3.47. The SMILES string of the molecule is CCCCN(C(C)CC)S(=O)(=O)c1cccc(CCl)c1C. The molecule has 0 fully saturated rings. The molecule has 0 aliphatic rings. The molecule has 0 saturated heterocycles. The smallest absolute Gasteiger partial charge is 0.207 e. The lowest BCUT2D eigenvalue weighted by molar-refractivity contribution is 0.324. The van der Waals surface area contributed by atoms with Crippen LogP contribution in [0.4, 0.5) is 0 Å². The van der Waals surface area contributed by atoms with Crippen molar-refractivity contribution >= 4 is 21.6 Å². The highest BCUT2D eigenvalue weighted by atomic mass is 35.5. The quantitative estimate of drug-likeness (QED) is 0.665. The fraction of sp³-hybridized carbons (Fsp3) is 0.625. The largest absolute Gasteiger partial charge is 0.243 e. The first kappa shape index (κ1) is 18.5. The molecule has 0 aliphatic carbocycles. The van der Waals surface area contributed by atoms with Gasteiger partial charge in [-0.25, -0.2) is 8.42 Å². The van der Waals surface area contributed by atoms with E-state index in [0.717, 1.165) is 30.4 Å². The maximum atomic E-state index is 13.0. The summed E-state index contributed by atoms with van der Waals surface area (Å²) in [5.41, 5.74) is 1.63. The molecule has 0 spiro atoms. The number of nitrogens with zero attached hydrogens (tertiary/aromatic N) is 1. The van der Waals surface area contributed by atoms with Crippen molar-refractivity contribution in [1.29, 1.82) is 0 Å². The lowest BCUT2D eigenvalue weighted by Crippen LogP contribution is -2.39. The molecule has 0 radical (unpaired) electrons. The van der Waals surface area contributed by atoms with Crippen molar-refractivity contribution in [2.45, 2.75) is 63.8 Å². The first-order chi connectivity index (χ1) is 9.89. The van der Waals surface area contributed by atoms with Crippen LogP contribution in [-0.4, -0.2) is 25.3 Å². The maximum absolute atomic E-state index is 13.0. The number of alkyl halides is 1. The first-order valence-electron chi connectivity index (χ1n) is 7.56. The molecule has 5 heteroatoms. The fourth-order valence-electron chi connectivity index (χ4n) is 2.31. The minimum Gasteiger partial charge on any atom is -0.207 e. The molecule has 21 heavy (non-hydrogen) atoms. The van der Waals surface area contributed by atoms with Crippen LogP contribution in [0.2, 0.25) is 0 Å². The van der Waals surface area contributed by atoms with Gasteiger partial charge in [0.1, 0.15) is 0 Å². The van der Waals surface area contributed by atoms with Crippen molar-refractivity contribution < 1.29 is 8.42 Å². The van der Waals surface area contributed by atoms with Gasteiger partial charge in [-0.15, -0.1) is 11.6 Å². The van der Waals surface area contributed by atoms with E-state index in [0.29, 0.717) is 17.3 Å². The molecule has 3 nitrogen and oxygen atoms in total. The predicted molar refractivity (Wildman–Crippen MR) is 89.3 cm³/mol. The van der Waals surface area contributed by atoms with Crippen molar-refractivity contribution in [1.82, 2.24) is 4.31 Å². The van der Waals surface area contributed by atoms with Crippen molar-refractivity contribution in [3.8, 4) is 0 Å². The Morgan fingerprint density at radius 3 is 2.48 bits per heavy atom. The zero-order chi connectivity index (χ0) is 16.0. The molecule has 0 heterocycles. The van der Waals surface area contributed by atoms with Gasteiger partial charge in [0.05, 0.1) is 4.90 Å². The standard InChI is InChI=1S/C16H26ClNO2S/c1-5-7-11-18(13(3)6-2)21(19,20)16-10-8-9-15(12-17)14(16)4/h8-10,13H,5-7,11-12H2,1-4H3. The zero-order valence-corrected chi connectivity index (χ0v) is 15.0. The van der Waals surface area contributed by atoms with E-state index >= 15 is 0 Å². The molecule has 0 amide bonds. The molecular formula is C16H26ClNO2S. The Morgan fingerprint density at radius 2 is 1.95 bits per heavy atom. The van der Waals surface area contributed by atoms with Crippen LogP contribution in [0.3, 0.4) is 0 Å². The van der Waals surface area contributed by atoms with Crippen LogP contribution < -0.4 is 0 Å². The minimum absolute atomic E-state index is 0.000563. The number of sulfonamides is 1. The molecule has 1 atom stereocenters. The number of unbranched alkanes of at least 4 members (excludes halogenated alkanes) is 1. The van der Waals surface area contributed by atoms with Crippen LogP contribution >= 0.6 is 11.6 Å². The van der Waals surface area contributed by atoms with Crippen LogP contribution in [0, 0.1) is 6.92 Å². The van der Waals surface area contributed by atoms with Crippen LogP contribution in [-0.2, 0) is 15.9 Å². The van der Waals surface area contributed by atoms with E-state index in [1.165, 1.54) is 0 Å².